The van der Waals surface area contributed by atoms with Crippen molar-refractivity contribution in [3.8, 4) is 0 Å². The molecular formula is C19H22N2O3. The van der Waals surface area contributed by atoms with Gasteiger partial charge in [0.1, 0.15) is 0 Å². The molecule has 1 aromatic carbocycles. The molecule has 0 saturated carbocycles. The standard InChI is InChI=1S/C19H22N2O3/c1-2-24-17(23)8-11-19-10-7-16(22)21(19)12-9-14-13-5-3-4-6-15(13)20-18(14)19/h3-6,20H,2,7-12H2,1H3. The van der Waals surface area contributed by atoms with Crippen LogP contribution in [0.25, 0.3) is 10.9 Å². The van der Waals surface area contributed by atoms with Gasteiger partial charge >= 0.3 is 5.97 Å². The molecule has 1 amide bonds. The van der Waals surface area contributed by atoms with Crippen molar-refractivity contribution in [1.82, 2.24) is 9.88 Å². The summed E-state index contributed by atoms with van der Waals surface area (Å²) in [6, 6.07) is 8.28. The lowest BCUT2D eigenvalue weighted by Crippen LogP contribution is -2.48. The zero-order valence-corrected chi connectivity index (χ0v) is 13.9. The summed E-state index contributed by atoms with van der Waals surface area (Å²) >= 11 is 0. The number of esters is 1. The van der Waals surface area contributed by atoms with E-state index in [1.54, 1.807) is 0 Å². The topological polar surface area (TPSA) is 62.4 Å². The van der Waals surface area contributed by atoms with Crippen molar-refractivity contribution in [2.24, 2.45) is 0 Å². The third kappa shape index (κ3) is 2.14. The van der Waals surface area contributed by atoms with E-state index in [9.17, 15) is 9.59 Å². The Bertz CT molecular complexity index is 810. The van der Waals surface area contributed by atoms with E-state index in [1.165, 1.54) is 10.9 Å². The highest BCUT2D eigenvalue weighted by atomic mass is 16.5. The maximum absolute atomic E-state index is 12.4. The van der Waals surface area contributed by atoms with Gasteiger partial charge in [-0.2, -0.15) is 0 Å². The zero-order chi connectivity index (χ0) is 16.7. The van der Waals surface area contributed by atoms with Crippen LogP contribution in [-0.4, -0.2) is 34.9 Å². The summed E-state index contributed by atoms with van der Waals surface area (Å²) in [7, 11) is 0. The number of nitrogens with zero attached hydrogens (tertiary/aromatic N) is 1. The lowest BCUT2D eigenvalue weighted by atomic mass is 9.81. The van der Waals surface area contributed by atoms with Gasteiger partial charge in [-0.3, -0.25) is 9.59 Å². The van der Waals surface area contributed by atoms with Crippen LogP contribution in [0.1, 0.15) is 43.9 Å². The number of carbonyl (C=O) groups excluding carboxylic acids is 2. The number of ether oxygens (including phenoxy) is 1. The largest absolute Gasteiger partial charge is 0.466 e. The second-order valence-corrected chi connectivity index (χ2v) is 6.66. The van der Waals surface area contributed by atoms with E-state index >= 15 is 0 Å². The lowest BCUT2D eigenvalue weighted by molar-refractivity contribution is -0.145. The van der Waals surface area contributed by atoms with Crippen LogP contribution in [0, 0.1) is 0 Å². The Morgan fingerprint density at radius 1 is 1.33 bits per heavy atom. The van der Waals surface area contributed by atoms with Gasteiger partial charge in [0.2, 0.25) is 5.91 Å². The second kappa shape index (κ2) is 5.65. The lowest BCUT2D eigenvalue weighted by Gasteiger charge is -2.42. The van der Waals surface area contributed by atoms with Crippen LogP contribution in [-0.2, 0) is 26.3 Å². The third-order valence-electron chi connectivity index (χ3n) is 5.48. The van der Waals surface area contributed by atoms with Crippen LogP contribution < -0.4 is 0 Å². The molecule has 0 aliphatic carbocycles. The quantitative estimate of drug-likeness (QED) is 0.879. The fraction of sp³-hybridized carbons (Fsp3) is 0.474. The molecule has 0 spiro atoms. The summed E-state index contributed by atoms with van der Waals surface area (Å²) in [5, 5.41) is 1.24. The molecule has 1 aromatic heterocycles. The highest BCUT2D eigenvalue weighted by Gasteiger charge is 2.50. The number of para-hydroxylation sites is 1. The Morgan fingerprint density at radius 3 is 3.00 bits per heavy atom. The van der Waals surface area contributed by atoms with E-state index in [4.69, 9.17) is 4.74 Å². The van der Waals surface area contributed by atoms with E-state index < -0.39 is 0 Å². The van der Waals surface area contributed by atoms with Crippen LogP contribution >= 0.6 is 0 Å². The minimum absolute atomic E-state index is 0.186. The Hall–Kier alpha value is -2.30. The van der Waals surface area contributed by atoms with Crippen molar-refractivity contribution in [3.05, 3.63) is 35.5 Å². The monoisotopic (exact) mass is 326 g/mol. The number of nitrogens with one attached hydrogen (secondary N) is 1. The van der Waals surface area contributed by atoms with Crippen molar-refractivity contribution < 1.29 is 14.3 Å². The van der Waals surface area contributed by atoms with Gasteiger partial charge in [-0.15, -0.1) is 0 Å². The molecule has 2 aliphatic heterocycles. The molecule has 1 saturated heterocycles. The first-order chi connectivity index (χ1) is 11.7. The molecule has 5 heteroatoms. The highest BCUT2D eigenvalue weighted by molar-refractivity contribution is 5.88. The number of H-pyrrole nitrogens is 1. The van der Waals surface area contributed by atoms with Gasteiger partial charge in [0.15, 0.2) is 0 Å². The number of carbonyl (C=O) groups is 2. The number of rotatable bonds is 4. The summed E-state index contributed by atoms with van der Waals surface area (Å²) in [5.74, 6) is 0.0116. The number of amides is 1. The van der Waals surface area contributed by atoms with Gasteiger partial charge in [0.25, 0.3) is 0 Å². The van der Waals surface area contributed by atoms with E-state index in [1.807, 2.05) is 24.0 Å². The molecule has 5 nitrogen and oxygen atoms in total. The van der Waals surface area contributed by atoms with E-state index in [2.05, 4.69) is 17.1 Å². The van der Waals surface area contributed by atoms with Crippen LogP contribution in [0.2, 0.25) is 0 Å². The zero-order valence-electron chi connectivity index (χ0n) is 13.9. The minimum atomic E-state index is -0.379. The SMILES string of the molecule is CCOC(=O)CCC12CCC(=O)N1CCc1c2[nH]c2ccccc12. The predicted molar refractivity (Wildman–Crippen MR) is 90.5 cm³/mol. The Kier molecular flexibility index (Phi) is 3.59. The van der Waals surface area contributed by atoms with Gasteiger partial charge in [-0.05, 0) is 37.8 Å². The number of benzene rings is 1. The van der Waals surface area contributed by atoms with Crippen molar-refractivity contribution >= 4 is 22.8 Å². The van der Waals surface area contributed by atoms with Gasteiger partial charge in [-0.1, -0.05) is 18.2 Å². The number of aromatic nitrogens is 1. The molecule has 0 bridgehead atoms. The summed E-state index contributed by atoms with van der Waals surface area (Å²) in [5.41, 5.74) is 3.17. The van der Waals surface area contributed by atoms with Crippen molar-refractivity contribution in [1.29, 1.82) is 0 Å². The number of hydrogen-bond donors (Lipinski definition) is 1. The summed E-state index contributed by atoms with van der Waals surface area (Å²) in [4.78, 5) is 29.9. The van der Waals surface area contributed by atoms with Gasteiger partial charge in [0, 0.05) is 36.0 Å². The fourth-order valence-corrected chi connectivity index (χ4v) is 4.43. The maximum Gasteiger partial charge on any atom is 0.305 e. The Morgan fingerprint density at radius 2 is 2.17 bits per heavy atom. The molecule has 4 rings (SSSR count). The van der Waals surface area contributed by atoms with Gasteiger partial charge < -0.3 is 14.6 Å². The Balaban J connectivity index is 1.77. The molecule has 0 radical (unpaired) electrons. The van der Waals surface area contributed by atoms with Crippen LogP contribution in [0.4, 0.5) is 0 Å². The van der Waals surface area contributed by atoms with E-state index in [0.29, 0.717) is 25.9 Å². The van der Waals surface area contributed by atoms with Crippen molar-refractivity contribution in [2.45, 2.75) is 44.6 Å². The number of fused-ring (bicyclic) bond motifs is 5. The minimum Gasteiger partial charge on any atom is -0.466 e. The molecule has 2 aromatic rings. The van der Waals surface area contributed by atoms with E-state index in [0.717, 1.165) is 30.6 Å². The van der Waals surface area contributed by atoms with Crippen molar-refractivity contribution in [3.63, 3.8) is 0 Å². The second-order valence-electron chi connectivity index (χ2n) is 6.66. The van der Waals surface area contributed by atoms with Crippen LogP contribution in [0.3, 0.4) is 0 Å². The fourth-order valence-electron chi connectivity index (χ4n) is 4.43. The van der Waals surface area contributed by atoms with Crippen LogP contribution in [0.5, 0.6) is 0 Å². The molecule has 1 fully saturated rings. The molecule has 126 valence electrons. The smallest absolute Gasteiger partial charge is 0.305 e. The molecular weight excluding hydrogens is 304 g/mol. The first-order valence-corrected chi connectivity index (χ1v) is 8.72. The summed E-state index contributed by atoms with van der Waals surface area (Å²) < 4.78 is 5.10. The first kappa shape index (κ1) is 15.2. The Labute approximate surface area is 141 Å². The van der Waals surface area contributed by atoms with Crippen molar-refractivity contribution in [2.75, 3.05) is 13.2 Å². The molecule has 3 heterocycles. The third-order valence-corrected chi connectivity index (χ3v) is 5.48. The normalized spacial score (nSPS) is 22.5. The predicted octanol–water partition coefficient (Wildman–Crippen LogP) is 2.89. The maximum atomic E-state index is 12.4. The first-order valence-electron chi connectivity index (χ1n) is 8.72. The highest BCUT2D eigenvalue weighted by Crippen LogP contribution is 2.48. The average molecular weight is 326 g/mol. The van der Waals surface area contributed by atoms with E-state index in [-0.39, 0.29) is 17.4 Å². The summed E-state index contributed by atoms with van der Waals surface area (Å²) in [6.07, 6.45) is 3.15. The molecule has 1 unspecified atom stereocenters. The molecule has 1 atom stereocenters. The van der Waals surface area contributed by atoms with Crippen LogP contribution in [0.15, 0.2) is 24.3 Å². The van der Waals surface area contributed by atoms with Gasteiger partial charge in [0.05, 0.1) is 12.1 Å². The molecule has 1 N–H and O–H groups in total. The molecule has 2 aliphatic rings. The summed E-state index contributed by atoms with van der Waals surface area (Å²) in [6.45, 7) is 2.95. The average Bonchev–Trinajstić information content (AvgIpc) is 3.12. The number of hydrogen-bond acceptors (Lipinski definition) is 3. The van der Waals surface area contributed by atoms with Gasteiger partial charge in [-0.25, -0.2) is 0 Å². The molecule has 24 heavy (non-hydrogen) atoms. The number of aromatic amines is 1.